The third kappa shape index (κ3) is 2.05. The Hall–Kier alpha value is -1.70. The first kappa shape index (κ1) is 13.7. The molecule has 0 bridgehead atoms. The Morgan fingerprint density at radius 3 is 2.26 bits per heavy atom. The number of allylic oxidation sites excluding steroid dienone is 1. The molecule has 0 saturated carbocycles. The maximum Gasteiger partial charge on any atom is 0.374 e. The van der Waals surface area contributed by atoms with Crippen molar-refractivity contribution in [2.75, 3.05) is 7.11 Å². The van der Waals surface area contributed by atoms with Crippen molar-refractivity contribution in [1.82, 2.24) is 0 Å². The van der Waals surface area contributed by atoms with Crippen LogP contribution in [0.3, 0.4) is 0 Å². The van der Waals surface area contributed by atoms with Crippen molar-refractivity contribution in [2.45, 2.75) is 11.8 Å². The van der Waals surface area contributed by atoms with Crippen molar-refractivity contribution >= 4 is 17.7 Å². The number of fused-ring (bicyclic) bond motifs is 1. The molecule has 0 amide bonds. The second kappa shape index (κ2) is 4.76. The Bertz CT molecular complexity index is 613. The van der Waals surface area contributed by atoms with Crippen LogP contribution in [0.15, 0.2) is 15.6 Å². The number of benzene rings is 1. The Labute approximate surface area is 109 Å². The number of halogens is 4. The van der Waals surface area contributed by atoms with Gasteiger partial charge in [0.15, 0.2) is 17.4 Å². The van der Waals surface area contributed by atoms with Gasteiger partial charge in [-0.15, -0.1) is 0 Å². The number of rotatable bonds is 1. The molecule has 1 aromatic rings. The summed E-state index contributed by atoms with van der Waals surface area (Å²) in [6, 6.07) is 0. The lowest BCUT2D eigenvalue weighted by Crippen LogP contribution is -2.17. The minimum absolute atomic E-state index is 0.142. The molecule has 1 aliphatic rings. The average Bonchev–Trinajstić information content (AvgIpc) is 2.41. The number of thioether (sulfide) groups is 1. The van der Waals surface area contributed by atoms with Crippen molar-refractivity contribution in [1.29, 1.82) is 0 Å². The lowest BCUT2D eigenvalue weighted by atomic mass is 10.2. The van der Waals surface area contributed by atoms with Gasteiger partial charge in [0.1, 0.15) is 0 Å². The molecule has 2 rings (SSSR count). The summed E-state index contributed by atoms with van der Waals surface area (Å²) in [5.41, 5.74) is 0. The molecule has 0 radical (unpaired) electrons. The SMILES string of the molecule is COC(=O)C1=C(C)Sc2c(F)c(F)c(F)c(F)c2O1. The number of methoxy groups -OCH3 is 1. The largest absolute Gasteiger partial charge is 0.463 e. The highest BCUT2D eigenvalue weighted by atomic mass is 32.2. The van der Waals surface area contributed by atoms with Crippen molar-refractivity contribution in [2.24, 2.45) is 0 Å². The van der Waals surface area contributed by atoms with Gasteiger partial charge in [-0.25, -0.2) is 18.0 Å². The minimum atomic E-state index is -2.00. The molecule has 19 heavy (non-hydrogen) atoms. The Morgan fingerprint density at radius 1 is 1.11 bits per heavy atom. The first-order valence-electron chi connectivity index (χ1n) is 4.89. The normalized spacial score (nSPS) is 14.0. The van der Waals surface area contributed by atoms with Gasteiger partial charge >= 0.3 is 5.97 Å². The van der Waals surface area contributed by atoms with Gasteiger partial charge in [0, 0.05) is 4.91 Å². The van der Waals surface area contributed by atoms with Gasteiger partial charge in [0.25, 0.3) is 0 Å². The molecule has 102 valence electrons. The molecule has 1 aromatic carbocycles. The van der Waals surface area contributed by atoms with Crippen LogP contribution >= 0.6 is 11.8 Å². The standard InChI is InChI=1S/C11H6F4O3S/c1-3-8(11(16)17-2)18-9-6(14)4(12)5(13)7(15)10(9)19-3/h1-2H3. The van der Waals surface area contributed by atoms with E-state index in [-0.39, 0.29) is 4.91 Å². The predicted octanol–water partition coefficient (Wildman–Crippen LogP) is 3.13. The number of carbonyl (C=O) groups is 1. The number of carbonyl (C=O) groups excluding carboxylic acids is 1. The van der Waals surface area contributed by atoms with E-state index in [1.807, 2.05) is 0 Å². The molecular formula is C11H6F4O3S. The molecule has 0 atom stereocenters. The zero-order valence-corrected chi connectivity index (χ0v) is 10.5. The number of ether oxygens (including phenoxy) is 2. The average molecular weight is 294 g/mol. The van der Waals surface area contributed by atoms with E-state index in [0.717, 1.165) is 7.11 Å². The van der Waals surface area contributed by atoms with E-state index in [9.17, 15) is 22.4 Å². The summed E-state index contributed by atoms with van der Waals surface area (Å²) in [7, 11) is 1.06. The van der Waals surface area contributed by atoms with E-state index >= 15 is 0 Å². The molecular weight excluding hydrogens is 288 g/mol. The number of hydrogen-bond donors (Lipinski definition) is 0. The summed E-state index contributed by atoms with van der Waals surface area (Å²) in [4.78, 5) is 10.9. The van der Waals surface area contributed by atoms with Gasteiger partial charge in [-0.05, 0) is 6.92 Å². The quantitative estimate of drug-likeness (QED) is 0.345. The van der Waals surface area contributed by atoms with Crippen LogP contribution in [0.4, 0.5) is 17.6 Å². The minimum Gasteiger partial charge on any atom is -0.463 e. The molecule has 0 aliphatic carbocycles. The van der Waals surface area contributed by atoms with E-state index in [0.29, 0.717) is 11.8 Å². The van der Waals surface area contributed by atoms with Crippen LogP contribution in [0.25, 0.3) is 0 Å². The first-order chi connectivity index (χ1) is 8.88. The number of hydrogen-bond acceptors (Lipinski definition) is 4. The third-order valence-corrected chi connectivity index (χ3v) is 3.39. The van der Waals surface area contributed by atoms with Crippen LogP contribution in [-0.4, -0.2) is 13.1 Å². The van der Waals surface area contributed by atoms with E-state index in [2.05, 4.69) is 4.74 Å². The van der Waals surface area contributed by atoms with Crippen LogP contribution in [0.2, 0.25) is 0 Å². The summed E-state index contributed by atoms with van der Waals surface area (Å²) in [6.45, 7) is 1.37. The number of esters is 1. The van der Waals surface area contributed by atoms with Crippen LogP contribution < -0.4 is 4.74 Å². The molecule has 0 spiro atoms. The Kier molecular flexibility index (Phi) is 3.44. The van der Waals surface area contributed by atoms with Crippen LogP contribution in [0.1, 0.15) is 6.92 Å². The topological polar surface area (TPSA) is 35.5 Å². The van der Waals surface area contributed by atoms with Crippen molar-refractivity contribution in [3.8, 4) is 5.75 Å². The zero-order chi connectivity index (χ0) is 14.3. The molecule has 1 aliphatic heterocycles. The fourth-order valence-electron chi connectivity index (χ4n) is 1.43. The van der Waals surface area contributed by atoms with E-state index in [4.69, 9.17) is 4.74 Å². The highest BCUT2D eigenvalue weighted by Crippen LogP contribution is 2.45. The van der Waals surface area contributed by atoms with E-state index in [1.165, 1.54) is 6.92 Å². The molecule has 0 fully saturated rings. The van der Waals surface area contributed by atoms with Crippen LogP contribution in [0.5, 0.6) is 5.75 Å². The molecule has 0 N–H and O–H groups in total. The van der Waals surface area contributed by atoms with Gasteiger partial charge in [0.05, 0.1) is 12.0 Å². The van der Waals surface area contributed by atoms with Crippen LogP contribution in [-0.2, 0) is 9.53 Å². The zero-order valence-electron chi connectivity index (χ0n) is 9.64. The maximum absolute atomic E-state index is 13.5. The monoisotopic (exact) mass is 294 g/mol. The summed E-state index contributed by atoms with van der Waals surface area (Å²) in [5, 5.41) is 0. The fraction of sp³-hybridized carbons (Fsp3) is 0.182. The molecule has 1 heterocycles. The van der Waals surface area contributed by atoms with Crippen LogP contribution in [0, 0.1) is 23.3 Å². The summed E-state index contributed by atoms with van der Waals surface area (Å²) < 4.78 is 62.3. The lowest BCUT2D eigenvalue weighted by Gasteiger charge is -2.20. The highest BCUT2D eigenvalue weighted by molar-refractivity contribution is 8.03. The van der Waals surface area contributed by atoms with Gasteiger partial charge in [0.2, 0.25) is 17.4 Å². The summed E-state index contributed by atoms with van der Waals surface area (Å²) >= 11 is 0.559. The second-order valence-corrected chi connectivity index (χ2v) is 4.72. The second-order valence-electron chi connectivity index (χ2n) is 3.50. The summed E-state index contributed by atoms with van der Waals surface area (Å²) in [6.07, 6.45) is 0. The Balaban J connectivity index is 2.60. The highest BCUT2D eigenvalue weighted by Gasteiger charge is 2.33. The Morgan fingerprint density at radius 2 is 1.68 bits per heavy atom. The van der Waals surface area contributed by atoms with Gasteiger partial charge in [-0.1, -0.05) is 11.8 Å². The summed E-state index contributed by atoms with van der Waals surface area (Å²) in [5.74, 6) is -9.39. The van der Waals surface area contributed by atoms with Crippen molar-refractivity contribution in [3.05, 3.63) is 33.9 Å². The third-order valence-electron chi connectivity index (χ3n) is 2.33. The maximum atomic E-state index is 13.5. The van der Waals surface area contributed by atoms with Crippen molar-refractivity contribution in [3.63, 3.8) is 0 Å². The van der Waals surface area contributed by atoms with Gasteiger partial charge < -0.3 is 9.47 Å². The van der Waals surface area contributed by atoms with E-state index in [1.54, 1.807) is 0 Å². The predicted molar refractivity (Wildman–Crippen MR) is 57.5 cm³/mol. The van der Waals surface area contributed by atoms with E-state index < -0.39 is 45.6 Å². The van der Waals surface area contributed by atoms with Gasteiger partial charge in [-0.2, -0.15) is 4.39 Å². The molecule has 0 saturated heterocycles. The van der Waals surface area contributed by atoms with Crippen molar-refractivity contribution < 1.29 is 31.8 Å². The smallest absolute Gasteiger partial charge is 0.374 e. The fourth-order valence-corrected chi connectivity index (χ4v) is 2.35. The van der Waals surface area contributed by atoms with Gasteiger partial charge in [-0.3, -0.25) is 0 Å². The molecule has 8 heteroatoms. The molecule has 3 nitrogen and oxygen atoms in total. The molecule has 0 aromatic heterocycles. The first-order valence-corrected chi connectivity index (χ1v) is 5.71. The molecule has 0 unspecified atom stereocenters. The lowest BCUT2D eigenvalue weighted by molar-refractivity contribution is -0.138.